The van der Waals surface area contributed by atoms with Crippen LogP contribution in [0.1, 0.15) is 11.1 Å². The van der Waals surface area contributed by atoms with Crippen molar-refractivity contribution in [3.05, 3.63) is 168 Å². The van der Waals surface area contributed by atoms with E-state index in [0.29, 0.717) is 6.67 Å². The number of thiophene rings is 2. The molecule has 0 saturated heterocycles. The molecule has 4 heterocycles. The summed E-state index contributed by atoms with van der Waals surface area (Å²) in [7, 11) is 0. The molecule has 6 heteroatoms. The summed E-state index contributed by atoms with van der Waals surface area (Å²) in [6.07, 6.45) is 0. The predicted molar refractivity (Wildman–Crippen MR) is 242 cm³/mol. The first-order valence-corrected chi connectivity index (χ1v) is 20.8. The van der Waals surface area contributed by atoms with E-state index in [2.05, 4.69) is 163 Å². The van der Waals surface area contributed by atoms with Crippen molar-refractivity contribution in [1.82, 2.24) is 4.57 Å². The van der Waals surface area contributed by atoms with Crippen molar-refractivity contribution in [3.63, 3.8) is 0 Å². The van der Waals surface area contributed by atoms with Crippen molar-refractivity contribution < 1.29 is 0 Å². The van der Waals surface area contributed by atoms with Gasteiger partial charge in [-0.3, -0.25) is 9.98 Å². The molecule has 0 aliphatic carbocycles. The number of benzene rings is 8. The lowest BCUT2D eigenvalue weighted by atomic mass is 9.99. The van der Waals surface area contributed by atoms with Gasteiger partial charge in [0.05, 0.1) is 27.3 Å². The molecule has 12 rings (SSSR count). The van der Waals surface area contributed by atoms with Crippen LogP contribution in [0.2, 0.25) is 0 Å². The molecule has 0 amide bonds. The number of thioether (sulfide) groups is 1. The Hall–Kier alpha value is -6.05. The number of fused-ring (bicyclic) bond motifs is 16. The van der Waals surface area contributed by atoms with Crippen LogP contribution in [0.4, 0.5) is 0 Å². The fraction of sp³-hybridized carbons (Fsp3) is 0.0204. The van der Waals surface area contributed by atoms with Crippen LogP contribution in [0.25, 0.3) is 89.4 Å². The molecule has 0 atom stereocenters. The molecule has 1 aliphatic heterocycles. The van der Waals surface area contributed by atoms with E-state index in [1.807, 2.05) is 22.7 Å². The fourth-order valence-electron chi connectivity index (χ4n) is 8.87. The quantitative estimate of drug-likeness (QED) is 0.165. The van der Waals surface area contributed by atoms with Crippen LogP contribution in [-0.2, 0) is 6.67 Å². The normalized spacial score (nSPS) is 14.9. The van der Waals surface area contributed by atoms with E-state index in [1.54, 1.807) is 11.8 Å². The van der Waals surface area contributed by atoms with Crippen molar-refractivity contribution in [1.29, 1.82) is 0 Å². The van der Waals surface area contributed by atoms with Gasteiger partial charge in [0.25, 0.3) is 0 Å². The summed E-state index contributed by atoms with van der Waals surface area (Å²) in [5.41, 5.74) is 6.52. The highest BCUT2D eigenvalue weighted by atomic mass is 32.2. The van der Waals surface area contributed by atoms with Crippen LogP contribution in [0, 0.1) is 0 Å². The summed E-state index contributed by atoms with van der Waals surface area (Å²) in [6.45, 7) is 4.65. The lowest BCUT2D eigenvalue weighted by Crippen LogP contribution is -2.05. The van der Waals surface area contributed by atoms with Crippen LogP contribution < -0.4 is 0 Å². The van der Waals surface area contributed by atoms with Gasteiger partial charge in [-0.25, -0.2) is 0 Å². The minimum absolute atomic E-state index is 0.446. The molecule has 55 heavy (non-hydrogen) atoms. The molecule has 0 unspecified atom stereocenters. The summed E-state index contributed by atoms with van der Waals surface area (Å²) in [5.74, 6) is 0. The van der Waals surface area contributed by atoms with Crippen molar-refractivity contribution in [3.8, 4) is 0 Å². The summed E-state index contributed by atoms with van der Waals surface area (Å²) in [6, 6.07) is 55.0. The van der Waals surface area contributed by atoms with Crippen LogP contribution in [0.3, 0.4) is 0 Å². The molecular formula is C49H29N3S3. The average molecular weight is 756 g/mol. The minimum atomic E-state index is 0.446. The Morgan fingerprint density at radius 3 is 2.02 bits per heavy atom. The van der Waals surface area contributed by atoms with E-state index < -0.39 is 0 Å². The second-order valence-corrected chi connectivity index (χ2v) is 17.2. The highest BCUT2D eigenvalue weighted by Gasteiger charge is 2.31. The first-order valence-electron chi connectivity index (χ1n) is 18.4. The second-order valence-electron chi connectivity index (χ2n) is 14.0. The largest absolute Gasteiger partial charge is 0.320 e. The molecule has 0 spiro atoms. The minimum Gasteiger partial charge on any atom is -0.320 e. The maximum Gasteiger partial charge on any atom is 0.115 e. The third-order valence-electron chi connectivity index (χ3n) is 11.2. The van der Waals surface area contributed by atoms with Gasteiger partial charge in [-0.15, -0.1) is 22.7 Å². The molecule has 3 aromatic heterocycles. The van der Waals surface area contributed by atoms with Crippen molar-refractivity contribution >= 4 is 136 Å². The fourth-order valence-corrected chi connectivity index (χ4v) is 12.5. The van der Waals surface area contributed by atoms with E-state index in [1.165, 1.54) is 94.2 Å². The van der Waals surface area contributed by atoms with E-state index >= 15 is 0 Å². The molecule has 1 aliphatic rings. The molecule has 0 N–H and O–H groups in total. The zero-order valence-corrected chi connectivity index (χ0v) is 31.9. The summed E-state index contributed by atoms with van der Waals surface area (Å²) in [5, 5.41) is 12.6. The Bertz CT molecular complexity index is 3520. The second kappa shape index (κ2) is 12.0. The number of hydrogen-bond acceptors (Lipinski definition) is 5. The number of para-hydroxylation sites is 1. The first kappa shape index (κ1) is 31.3. The zero-order valence-electron chi connectivity index (χ0n) is 29.4. The molecule has 0 fully saturated rings. The monoisotopic (exact) mass is 755 g/mol. The molecule has 3 nitrogen and oxygen atoms in total. The van der Waals surface area contributed by atoms with Crippen LogP contribution >= 0.6 is 34.4 Å². The molecule has 0 radical (unpaired) electrons. The molecule has 258 valence electrons. The molecule has 8 aromatic carbocycles. The average Bonchev–Trinajstić information content (AvgIpc) is 4.00. The van der Waals surface area contributed by atoms with Gasteiger partial charge < -0.3 is 4.57 Å². The predicted octanol–water partition coefficient (Wildman–Crippen LogP) is 14.5. The number of nitrogens with zero attached hydrogens (tertiary/aromatic N) is 3. The summed E-state index contributed by atoms with van der Waals surface area (Å²) in [4.78, 5) is 12.8. The number of allylic oxidation sites excluding steroid dienone is 1. The molecule has 0 saturated carbocycles. The Morgan fingerprint density at radius 2 is 1.18 bits per heavy atom. The topological polar surface area (TPSA) is 29.6 Å². The molecule has 0 bridgehead atoms. The highest BCUT2D eigenvalue weighted by Crippen LogP contribution is 2.50. The smallest absolute Gasteiger partial charge is 0.115 e. The number of hydrogen-bond donors (Lipinski definition) is 0. The van der Waals surface area contributed by atoms with Crippen LogP contribution in [-0.4, -0.2) is 17.0 Å². The third kappa shape index (κ3) is 4.44. The van der Waals surface area contributed by atoms with Crippen LogP contribution in [0.5, 0.6) is 0 Å². The van der Waals surface area contributed by atoms with Crippen molar-refractivity contribution in [2.45, 2.75) is 11.6 Å². The summed E-state index contributed by atoms with van der Waals surface area (Å²) < 4.78 is 7.58. The molecule has 11 aromatic rings. The number of aromatic nitrogens is 1. The van der Waals surface area contributed by atoms with Gasteiger partial charge >= 0.3 is 0 Å². The van der Waals surface area contributed by atoms with Crippen molar-refractivity contribution in [2.24, 2.45) is 9.98 Å². The maximum atomic E-state index is 5.73. The van der Waals surface area contributed by atoms with Gasteiger partial charge in [-0.2, -0.15) is 0 Å². The lowest BCUT2D eigenvalue weighted by Gasteiger charge is -2.12. The van der Waals surface area contributed by atoms with Gasteiger partial charge in [0.2, 0.25) is 0 Å². The number of aliphatic imine (C=N–C) groups is 2. The van der Waals surface area contributed by atoms with Gasteiger partial charge in [0.1, 0.15) is 6.67 Å². The molecular weight excluding hydrogens is 727 g/mol. The van der Waals surface area contributed by atoms with Gasteiger partial charge in [-0.05, 0) is 47.1 Å². The van der Waals surface area contributed by atoms with E-state index in [9.17, 15) is 0 Å². The van der Waals surface area contributed by atoms with Gasteiger partial charge in [-0.1, -0.05) is 139 Å². The highest BCUT2D eigenvalue weighted by molar-refractivity contribution is 8.05. The Labute approximate surface area is 328 Å². The van der Waals surface area contributed by atoms with Crippen molar-refractivity contribution in [2.75, 3.05) is 0 Å². The lowest BCUT2D eigenvalue weighted by molar-refractivity contribution is 0.796. The van der Waals surface area contributed by atoms with E-state index in [-0.39, 0.29) is 0 Å². The van der Waals surface area contributed by atoms with E-state index in [4.69, 9.17) is 9.98 Å². The Morgan fingerprint density at radius 1 is 0.545 bits per heavy atom. The Balaban J connectivity index is 1.17. The zero-order chi connectivity index (χ0) is 36.2. The first-order chi connectivity index (χ1) is 27.3. The Kier molecular flexibility index (Phi) is 6.82. The SMILES string of the molecule is C=N/C(=C1/Sc2ccc3ccccc3c2/C1=N/Cn1c2ccccc2c2c3ccccc3c3sc4ccccc4c3c21)c1cccc2c1sc1ccccc12. The standard InChI is InChI=1S/C49H29N3S3/c1-50-44(36-21-12-20-32-30-15-7-10-23-38(30)53-47(32)36)49-45(42-29-14-3-2-13-28(29)25-26-40(42)55-49)51-27-52-37-22-9-6-18-34(37)41-31-16-4-5-17-33(31)48-43(46(41)52)35-19-8-11-24-39(35)54-48/h2-26H,1,27H2/b49-44+,51-45-. The van der Waals surface area contributed by atoms with E-state index in [0.717, 1.165) is 21.9 Å². The maximum absolute atomic E-state index is 5.73. The van der Waals surface area contributed by atoms with Gasteiger partial charge in [0.15, 0.2) is 0 Å². The van der Waals surface area contributed by atoms with Gasteiger partial charge in [0, 0.05) is 72.5 Å². The number of rotatable bonds is 4. The third-order valence-corrected chi connectivity index (χ3v) is 14.8. The summed E-state index contributed by atoms with van der Waals surface area (Å²) >= 11 is 5.48. The van der Waals surface area contributed by atoms with Crippen LogP contribution in [0.15, 0.2) is 171 Å².